The van der Waals surface area contributed by atoms with Crippen molar-refractivity contribution in [3.05, 3.63) is 48.0 Å². The second-order valence-electron chi connectivity index (χ2n) is 6.57. The highest BCUT2D eigenvalue weighted by molar-refractivity contribution is 5.97. The maximum Gasteiger partial charge on any atom is 0.251 e. The van der Waals surface area contributed by atoms with Crippen LogP contribution in [0.1, 0.15) is 16.8 Å². The molecule has 2 amide bonds. The Balaban J connectivity index is 1.72. The SMILES string of the molecule is CN(C)CCCNC(=O)c1ccc2[nH]c(-c3ccc(NC=O)cc3)nc2c1. The lowest BCUT2D eigenvalue weighted by molar-refractivity contribution is -0.105. The van der Waals surface area contributed by atoms with Gasteiger partial charge in [0.15, 0.2) is 0 Å². The number of hydrogen-bond donors (Lipinski definition) is 3. The second-order valence-corrected chi connectivity index (χ2v) is 6.57. The monoisotopic (exact) mass is 365 g/mol. The third kappa shape index (κ3) is 4.71. The van der Waals surface area contributed by atoms with E-state index in [1.165, 1.54) is 0 Å². The maximum absolute atomic E-state index is 12.3. The van der Waals surface area contributed by atoms with Gasteiger partial charge in [-0.3, -0.25) is 9.59 Å². The van der Waals surface area contributed by atoms with Crippen LogP contribution in [-0.2, 0) is 4.79 Å². The summed E-state index contributed by atoms with van der Waals surface area (Å²) in [6, 6.07) is 12.8. The first-order valence-electron chi connectivity index (χ1n) is 8.80. The van der Waals surface area contributed by atoms with E-state index in [0.717, 1.165) is 35.2 Å². The van der Waals surface area contributed by atoms with Gasteiger partial charge in [-0.15, -0.1) is 0 Å². The molecule has 3 rings (SSSR count). The first-order chi connectivity index (χ1) is 13.1. The van der Waals surface area contributed by atoms with Gasteiger partial charge in [0.25, 0.3) is 5.91 Å². The molecule has 0 radical (unpaired) electrons. The minimum absolute atomic E-state index is 0.0931. The maximum atomic E-state index is 12.3. The zero-order valence-corrected chi connectivity index (χ0v) is 15.5. The number of aromatic nitrogens is 2. The van der Waals surface area contributed by atoms with Gasteiger partial charge in [-0.1, -0.05) is 0 Å². The van der Waals surface area contributed by atoms with Crippen molar-refractivity contribution in [2.24, 2.45) is 0 Å². The molecule has 2 aromatic carbocycles. The number of carbonyl (C=O) groups is 2. The zero-order chi connectivity index (χ0) is 19.2. The fraction of sp³-hybridized carbons (Fsp3) is 0.250. The highest BCUT2D eigenvalue weighted by Crippen LogP contribution is 2.22. The van der Waals surface area contributed by atoms with Gasteiger partial charge in [0.05, 0.1) is 11.0 Å². The number of imidazole rings is 1. The van der Waals surface area contributed by atoms with Gasteiger partial charge < -0.3 is 20.5 Å². The second kappa shape index (κ2) is 8.46. The van der Waals surface area contributed by atoms with Gasteiger partial charge in [-0.2, -0.15) is 0 Å². The fourth-order valence-electron chi connectivity index (χ4n) is 2.78. The number of benzene rings is 2. The van der Waals surface area contributed by atoms with E-state index in [4.69, 9.17) is 0 Å². The molecule has 0 aliphatic carbocycles. The largest absolute Gasteiger partial charge is 0.352 e. The van der Waals surface area contributed by atoms with E-state index in [1.54, 1.807) is 12.1 Å². The number of amides is 2. The summed E-state index contributed by atoms with van der Waals surface area (Å²) < 4.78 is 0. The molecule has 0 spiro atoms. The zero-order valence-electron chi connectivity index (χ0n) is 15.5. The summed E-state index contributed by atoms with van der Waals surface area (Å²) in [5.41, 5.74) is 3.82. The van der Waals surface area contributed by atoms with Crippen molar-refractivity contribution < 1.29 is 9.59 Å². The molecule has 0 bridgehead atoms. The quantitative estimate of drug-likeness (QED) is 0.423. The van der Waals surface area contributed by atoms with Crippen molar-refractivity contribution >= 4 is 29.0 Å². The molecule has 0 fully saturated rings. The van der Waals surface area contributed by atoms with Crippen LogP contribution >= 0.6 is 0 Å². The summed E-state index contributed by atoms with van der Waals surface area (Å²) in [6.45, 7) is 1.57. The third-order valence-electron chi connectivity index (χ3n) is 4.20. The lowest BCUT2D eigenvalue weighted by Gasteiger charge is -2.09. The smallest absolute Gasteiger partial charge is 0.251 e. The van der Waals surface area contributed by atoms with Crippen LogP contribution in [-0.4, -0.2) is 54.4 Å². The molecule has 0 saturated carbocycles. The number of carbonyl (C=O) groups excluding carboxylic acids is 2. The Morgan fingerprint density at radius 1 is 1.19 bits per heavy atom. The van der Waals surface area contributed by atoms with Crippen LogP contribution in [0, 0.1) is 0 Å². The highest BCUT2D eigenvalue weighted by atomic mass is 16.1. The lowest BCUT2D eigenvalue weighted by Crippen LogP contribution is -2.27. The summed E-state index contributed by atoms with van der Waals surface area (Å²) in [6.07, 6.45) is 1.55. The van der Waals surface area contributed by atoms with E-state index < -0.39 is 0 Å². The van der Waals surface area contributed by atoms with Crippen molar-refractivity contribution in [3.8, 4) is 11.4 Å². The number of fused-ring (bicyclic) bond motifs is 1. The summed E-state index contributed by atoms with van der Waals surface area (Å²) in [5, 5.41) is 5.54. The number of anilines is 1. The Hall–Kier alpha value is -3.19. The number of nitrogens with zero attached hydrogens (tertiary/aromatic N) is 2. The van der Waals surface area contributed by atoms with Gasteiger partial charge >= 0.3 is 0 Å². The van der Waals surface area contributed by atoms with E-state index >= 15 is 0 Å². The van der Waals surface area contributed by atoms with Crippen LogP contribution in [0.4, 0.5) is 5.69 Å². The molecule has 27 heavy (non-hydrogen) atoms. The standard InChI is InChI=1S/C20H23N5O2/c1-25(2)11-3-10-21-20(27)15-6-9-17-18(12-15)24-19(23-17)14-4-7-16(8-5-14)22-13-26/h4-9,12-13H,3,10-11H2,1-2H3,(H,21,27)(H,22,26)(H,23,24). The predicted octanol–water partition coefficient (Wildman–Crippen LogP) is 2.48. The lowest BCUT2D eigenvalue weighted by atomic mass is 10.2. The average molecular weight is 365 g/mol. The van der Waals surface area contributed by atoms with E-state index in [9.17, 15) is 9.59 Å². The Labute approximate surface area is 157 Å². The van der Waals surface area contributed by atoms with Crippen LogP contribution in [0.5, 0.6) is 0 Å². The van der Waals surface area contributed by atoms with Gasteiger partial charge in [0.1, 0.15) is 5.82 Å². The van der Waals surface area contributed by atoms with Gasteiger partial charge in [-0.05, 0) is 69.5 Å². The predicted molar refractivity (Wildman–Crippen MR) is 107 cm³/mol. The van der Waals surface area contributed by atoms with Crippen molar-refractivity contribution in [3.63, 3.8) is 0 Å². The molecule has 7 nitrogen and oxygen atoms in total. The minimum Gasteiger partial charge on any atom is -0.352 e. The Morgan fingerprint density at radius 3 is 2.67 bits per heavy atom. The normalized spacial score (nSPS) is 10.9. The Kier molecular flexibility index (Phi) is 5.83. The van der Waals surface area contributed by atoms with E-state index in [1.807, 2.05) is 44.4 Å². The molecule has 140 valence electrons. The topological polar surface area (TPSA) is 90.1 Å². The first-order valence-corrected chi connectivity index (χ1v) is 8.80. The number of aromatic amines is 1. The summed E-state index contributed by atoms with van der Waals surface area (Å²) in [7, 11) is 4.02. The van der Waals surface area contributed by atoms with E-state index in [0.29, 0.717) is 24.3 Å². The molecule has 0 aliphatic rings. The van der Waals surface area contributed by atoms with E-state index in [-0.39, 0.29) is 5.91 Å². The van der Waals surface area contributed by atoms with Crippen LogP contribution in [0.15, 0.2) is 42.5 Å². The highest BCUT2D eigenvalue weighted by Gasteiger charge is 2.10. The van der Waals surface area contributed by atoms with E-state index in [2.05, 4.69) is 25.5 Å². The van der Waals surface area contributed by atoms with Gasteiger partial charge in [-0.25, -0.2) is 4.98 Å². The molecule has 7 heteroatoms. The molecule has 0 saturated heterocycles. The molecule has 0 atom stereocenters. The fourth-order valence-corrected chi connectivity index (χ4v) is 2.78. The van der Waals surface area contributed by atoms with Crippen LogP contribution in [0.2, 0.25) is 0 Å². The third-order valence-corrected chi connectivity index (χ3v) is 4.20. The number of hydrogen-bond acceptors (Lipinski definition) is 4. The van der Waals surface area contributed by atoms with Crippen LogP contribution < -0.4 is 10.6 Å². The molecular formula is C20H23N5O2. The molecule has 3 aromatic rings. The molecule has 1 heterocycles. The Bertz CT molecular complexity index is 931. The van der Waals surface area contributed by atoms with Crippen LogP contribution in [0.25, 0.3) is 22.4 Å². The average Bonchev–Trinajstić information content (AvgIpc) is 3.09. The molecule has 3 N–H and O–H groups in total. The van der Waals surface area contributed by atoms with Crippen molar-refractivity contribution in [2.75, 3.05) is 32.5 Å². The minimum atomic E-state index is -0.0931. The summed E-state index contributed by atoms with van der Waals surface area (Å²) in [5.74, 6) is 0.621. The van der Waals surface area contributed by atoms with Crippen molar-refractivity contribution in [2.45, 2.75) is 6.42 Å². The molecule has 1 aromatic heterocycles. The Morgan fingerprint density at radius 2 is 1.96 bits per heavy atom. The van der Waals surface area contributed by atoms with Crippen molar-refractivity contribution in [1.82, 2.24) is 20.2 Å². The summed E-state index contributed by atoms with van der Waals surface area (Å²) >= 11 is 0. The van der Waals surface area contributed by atoms with Crippen molar-refractivity contribution in [1.29, 1.82) is 0 Å². The molecule has 0 unspecified atom stereocenters. The molecular weight excluding hydrogens is 342 g/mol. The number of rotatable bonds is 8. The number of H-pyrrole nitrogens is 1. The number of nitrogens with one attached hydrogen (secondary N) is 3. The van der Waals surface area contributed by atoms with Gasteiger partial charge in [0.2, 0.25) is 6.41 Å². The summed E-state index contributed by atoms with van der Waals surface area (Å²) in [4.78, 5) is 32.7. The molecule has 0 aliphatic heterocycles. The van der Waals surface area contributed by atoms with Gasteiger partial charge in [0, 0.05) is 23.4 Å². The first kappa shape index (κ1) is 18.6. The van der Waals surface area contributed by atoms with Crippen LogP contribution in [0.3, 0.4) is 0 Å².